The van der Waals surface area contributed by atoms with Gasteiger partial charge < -0.3 is 51.6 Å². The zero-order valence-electron chi connectivity index (χ0n) is 44.5. The number of carbonyl (C=O) groups is 1. The van der Waals surface area contributed by atoms with E-state index in [4.69, 9.17) is 10.7 Å². The van der Waals surface area contributed by atoms with E-state index >= 15 is 4.79 Å². The zero-order valence-corrected chi connectivity index (χ0v) is 46.1. The quantitative estimate of drug-likeness (QED) is 0.0374. The van der Waals surface area contributed by atoms with Gasteiger partial charge >= 0.3 is 0 Å². The van der Waals surface area contributed by atoms with Crippen LogP contribution in [0.4, 0.5) is 0 Å². The number of fused-ring (bicyclic) bond motifs is 9. The van der Waals surface area contributed by atoms with E-state index in [0.29, 0.717) is 36.8 Å². The van der Waals surface area contributed by atoms with Gasteiger partial charge in [0.15, 0.2) is 11.7 Å². The molecular formula is C58H88N6O7S2. The summed E-state index contributed by atoms with van der Waals surface area (Å²) in [6, 6.07) is 10.6. The number of carbonyl (C=O) groups excluding carboxylic acids is 1. The van der Waals surface area contributed by atoms with Gasteiger partial charge in [0.25, 0.3) is 0 Å². The Kier molecular flexibility index (Phi) is 16.6. The molecule has 0 amide bonds. The summed E-state index contributed by atoms with van der Waals surface area (Å²) in [6.45, 7) is 10.7. The summed E-state index contributed by atoms with van der Waals surface area (Å²) < 4.78 is 2.26. The summed E-state index contributed by atoms with van der Waals surface area (Å²) in [5, 5.41) is 80.3. The first-order chi connectivity index (χ1) is 34.8. The first kappa shape index (κ1) is 55.0. The number of aryl methyl sites for hydroxylation is 1. The number of hydrogen-bond donors (Lipinski definition) is 9. The number of guanidine groups is 1. The number of benzene rings is 1. The van der Waals surface area contributed by atoms with Crippen LogP contribution in [-0.2, 0) is 11.2 Å². The molecule has 1 spiro atoms. The first-order valence-corrected chi connectivity index (χ1v) is 30.2. The van der Waals surface area contributed by atoms with E-state index in [0.717, 1.165) is 44.3 Å². The minimum Gasteiger partial charge on any atom is -0.396 e. The maximum atomic E-state index is 15.3. The number of nitrogens with one attached hydrogen (secondary N) is 2. The van der Waals surface area contributed by atoms with Gasteiger partial charge in [0.05, 0.1) is 36.8 Å². The van der Waals surface area contributed by atoms with Gasteiger partial charge in [0.2, 0.25) is 0 Å². The van der Waals surface area contributed by atoms with Crippen LogP contribution >= 0.6 is 21.6 Å². The summed E-state index contributed by atoms with van der Waals surface area (Å²) in [7, 11) is 5.47. The van der Waals surface area contributed by atoms with E-state index in [9.17, 15) is 30.6 Å². The summed E-state index contributed by atoms with van der Waals surface area (Å²) in [5.74, 6) is -2.67. The molecule has 6 aliphatic carbocycles. The Balaban J connectivity index is 1.23. The molecule has 7 aliphatic rings. The Labute approximate surface area is 442 Å². The molecule has 2 heterocycles. The normalized spacial score (nSPS) is 41.3. The molecule has 6 fully saturated rings. The molecule has 0 radical (unpaired) electrons. The van der Waals surface area contributed by atoms with Crippen molar-refractivity contribution >= 4 is 33.3 Å². The van der Waals surface area contributed by atoms with E-state index in [2.05, 4.69) is 78.3 Å². The number of aliphatic hydroxyl groups is 6. The number of nitrogens with zero attached hydrogens (tertiary/aromatic N) is 3. The first-order valence-electron chi connectivity index (χ1n) is 27.8. The Morgan fingerprint density at radius 1 is 1.01 bits per heavy atom. The SMILES string of the molecule is CNC[C@@H]1[C@@H](O)[C@@H](O)C[C@]2(C)[C@@H]3C(=CC(=O)[C@H]12)[C@]1(O)[C@@H]2C[C@H]([C@H](C)[C@H](O)C/C(=C4/CCCC5(CCCC5)C4)C(C)(C)C[C@@H](n4ccnc4)CSS[C@H]2CCc2ccccc2)[C@@]1(CO)C[C@@H]3CN=C(N)N[C@@H](C)O. The fourth-order valence-electron chi connectivity index (χ4n) is 17.2. The maximum Gasteiger partial charge on any atom is 0.190 e. The van der Waals surface area contributed by atoms with Crippen LogP contribution in [0.3, 0.4) is 0 Å². The fourth-order valence-corrected chi connectivity index (χ4v) is 20.5. The van der Waals surface area contributed by atoms with Crippen LogP contribution in [-0.4, -0.2) is 120 Å². The summed E-state index contributed by atoms with van der Waals surface area (Å²) >= 11 is 0. The van der Waals surface area contributed by atoms with Crippen LogP contribution in [0.25, 0.3) is 0 Å². The average Bonchev–Trinajstić information content (AvgIpc) is 4.11. The third-order valence-corrected chi connectivity index (χ3v) is 23.4. The second-order valence-corrected chi connectivity index (χ2v) is 27.8. The predicted octanol–water partition coefficient (Wildman–Crippen LogP) is 7.37. The number of hydrogen-bond acceptors (Lipinski definition) is 12. The van der Waals surface area contributed by atoms with Crippen molar-refractivity contribution in [3.8, 4) is 0 Å². The maximum absolute atomic E-state index is 15.3. The van der Waals surface area contributed by atoms with Gasteiger partial charge in [-0.3, -0.25) is 9.79 Å². The van der Waals surface area contributed by atoms with Crippen LogP contribution < -0.4 is 16.4 Å². The molecule has 16 atom stereocenters. The lowest BCUT2D eigenvalue weighted by Gasteiger charge is -2.65. The van der Waals surface area contributed by atoms with Gasteiger partial charge in [-0.25, -0.2) is 4.98 Å². The van der Waals surface area contributed by atoms with Crippen LogP contribution in [0.1, 0.15) is 136 Å². The van der Waals surface area contributed by atoms with Crippen LogP contribution in [0.15, 0.2) is 76.8 Å². The molecule has 2 bridgehead atoms. The van der Waals surface area contributed by atoms with Gasteiger partial charge in [0, 0.05) is 65.7 Å². The van der Waals surface area contributed by atoms with Crippen LogP contribution in [0.5, 0.6) is 0 Å². The molecule has 9 rings (SSSR count). The highest BCUT2D eigenvalue weighted by Gasteiger charge is 2.75. The van der Waals surface area contributed by atoms with Crippen molar-refractivity contribution in [1.29, 1.82) is 0 Å². The predicted molar refractivity (Wildman–Crippen MR) is 292 cm³/mol. The van der Waals surface area contributed by atoms with Gasteiger partial charge in [-0.15, -0.1) is 0 Å². The number of aliphatic imine (C=N–C) groups is 1. The van der Waals surface area contributed by atoms with Crippen molar-refractivity contribution in [2.45, 2.75) is 172 Å². The van der Waals surface area contributed by atoms with E-state index in [-0.39, 0.29) is 65.8 Å². The number of imidazole rings is 1. The van der Waals surface area contributed by atoms with Crippen molar-refractivity contribution in [2.75, 3.05) is 32.5 Å². The van der Waals surface area contributed by atoms with Crippen LogP contribution in [0.2, 0.25) is 0 Å². The molecule has 5 saturated carbocycles. The van der Waals surface area contributed by atoms with Gasteiger partial charge in [0.1, 0.15) is 6.23 Å². The largest absolute Gasteiger partial charge is 0.396 e. The lowest BCUT2D eigenvalue weighted by atomic mass is 9.41. The lowest BCUT2D eigenvalue weighted by molar-refractivity contribution is -0.193. The highest BCUT2D eigenvalue weighted by molar-refractivity contribution is 8.76. The third-order valence-electron chi connectivity index (χ3n) is 20.4. The monoisotopic (exact) mass is 1040 g/mol. The van der Waals surface area contributed by atoms with E-state index < -0.39 is 64.6 Å². The molecule has 10 N–H and O–H groups in total. The molecule has 1 saturated heterocycles. The number of ketones is 1. The van der Waals surface area contributed by atoms with Crippen molar-refractivity contribution in [3.63, 3.8) is 0 Å². The second kappa shape index (κ2) is 22.0. The van der Waals surface area contributed by atoms with Crippen molar-refractivity contribution in [1.82, 2.24) is 20.2 Å². The highest BCUT2D eigenvalue weighted by Crippen LogP contribution is 2.73. The Hall–Kier alpha value is -2.73. The van der Waals surface area contributed by atoms with Gasteiger partial charge in [-0.1, -0.05) is 104 Å². The number of rotatable bonds is 10. The number of nitrogens with two attached hydrogens (primary N) is 1. The van der Waals surface area contributed by atoms with Crippen molar-refractivity contribution < 1.29 is 35.4 Å². The molecule has 1 aromatic heterocycles. The van der Waals surface area contributed by atoms with Crippen LogP contribution in [0, 0.1) is 63.1 Å². The summed E-state index contributed by atoms with van der Waals surface area (Å²) in [5.41, 5.74) is 7.34. The molecule has 15 heteroatoms. The zero-order chi connectivity index (χ0) is 52.1. The highest BCUT2D eigenvalue weighted by atomic mass is 33.1. The van der Waals surface area contributed by atoms with E-state index in [1.165, 1.54) is 48.8 Å². The number of allylic oxidation sites excluding steroid dienone is 2. The smallest absolute Gasteiger partial charge is 0.190 e. The topological polar surface area (TPSA) is 219 Å². The molecular weight excluding hydrogens is 957 g/mol. The van der Waals surface area contributed by atoms with Crippen molar-refractivity contribution in [2.24, 2.45) is 73.8 Å². The molecule has 13 nitrogen and oxygen atoms in total. The minimum absolute atomic E-state index is 0.0593. The molecule has 1 aromatic carbocycles. The van der Waals surface area contributed by atoms with Gasteiger partial charge in [-0.05, 0) is 155 Å². The van der Waals surface area contributed by atoms with Crippen molar-refractivity contribution in [3.05, 3.63) is 77.4 Å². The summed E-state index contributed by atoms with van der Waals surface area (Å²) in [4.78, 5) is 24.7. The average molecular weight is 1050 g/mol. The number of aromatic nitrogens is 2. The molecule has 73 heavy (non-hydrogen) atoms. The summed E-state index contributed by atoms with van der Waals surface area (Å²) in [6.07, 6.45) is 17.1. The fraction of sp³-hybridized carbons (Fsp3) is 0.741. The Morgan fingerprint density at radius 2 is 1.75 bits per heavy atom. The molecule has 2 aromatic rings. The molecule has 404 valence electrons. The minimum atomic E-state index is -1.71. The Bertz CT molecular complexity index is 2320. The van der Waals surface area contributed by atoms with E-state index in [1.54, 1.807) is 20.0 Å². The lowest BCUT2D eigenvalue weighted by Crippen LogP contribution is -2.69. The molecule has 1 aliphatic heterocycles. The standard InChI is InChI=1S/C58H88N6O7S2/c1-35-42-23-44(58(71)45-25-47(68)51-41(31-60-6)52(70)48(69)29-55(51,5)50(45)39(27-57(42,58)33-65)30-62-53(59)63-36(2)66)49(17-16-37-13-8-7-9-14-37)73-72-32-40(64-22-21-61-34-64)28-54(3,4)43(24-46(35)67)38-15-12-20-56(26-38)18-10-11-19-56/h7-9,13-14,21-22,25,34-36,39-42,44,46,48-52,60,65-67,69-71H,10-12,15-20,23-24,26-33H2,1-6H3,(H3,59,62,63)/b43-38+/t35-,36+,39+,40+,41-,42+,44+,46+,48-,49-,50-,51-,52+,55+,57-,58+/m0/s1. The second-order valence-electron chi connectivity index (χ2n) is 25.1. The Morgan fingerprint density at radius 3 is 2.44 bits per heavy atom. The van der Waals surface area contributed by atoms with Gasteiger partial charge in [-0.2, -0.15) is 0 Å². The van der Waals surface area contributed by atoms with E-state index in [1.807, 2.05) is 40.2 Å². The third kappa shape index (κ3) is 10.2. The molecule has 0 unspecified atom stereocenters. The number of aliphatic hydroxyl groups excluding tert-OH is 5.